The van der Waals surface area contributed by atoms with Crippen LogP contribution in [0.1, 0.15) is 31.6 Å². The van der Waals surface area contributed by atoms with Gasteiger partial charge in [0.05, 0.1) is 6.54 Å². The third-order valence-corrected chi connectivity index (χ3v) is 3.34. The molecule has 7 heteroatoms. The second-order valence-electron chi connectivity index (χ2n) is 4.38. The largest absolute Gasteiger partial charge is 0.401 e. The summed E-state index contributed by atoms with van der Waals surface area (Å²) < 4.78 is 37.3. The fourth-order valence-electron chi connectivity index (χ4n) is 1.70. The molecule has 0 aliphatic carbocycles. The van der Waals surface area contributed by atoms with Gasteiger partial charge in [0, 0.05) is 24.2 Å². The highest BCUT2D eigenvalue weighted by molar-refractivity contribution is 7.15. The fraction of sp³-hybridized carbons (Fsp3) is 0.750. The van der Waals surface area contributed by atoms with Crippen LogP contribution in [-0.2, 0) is 6.54 Å². The molecule has 0 aliphatic heterocycles. The zero-order valence-corrected chi connectivity index (χ0v) is 12.1. The van der Waals surface area contributed by atoms with Gasteiger partial charge in [-0.15, -0.1) is 11.3 Å². The van der Waals surface area contributed by atoms with Gasteiger partial charge in [-0.2, -0.15) is 13.2 Å². The van der Waals surface area contributed by atoms with Crippen molar-refractivity contribution < 1.29 is 13.2 Å². The molecule has 0 aromatic carbocycles. The van der Waals surface area contributed by atoms with E-state index < -0.39 is 12.7 Å². The number of nitrogens with one attached hydrogen (secondary N) is 1. The second kappa shape index (κ2) is 7.69. The predicted octanol–water partition coefficient (Wildman–Crippen LogP) is 3.74. The lowest BCUT2D eigenvalue weighted by Gasteiger charge is -2.22. The number of anilines is 1. The maximum absolute atomic E-state index is 12.4. The molecule has 0 radical (unpaired) electrons. The highest BCUT2D eigenvalue weighted by atomic mass is 32.1. The molecule has 0 atom stereocenters. The van der Waals surface area contributed by atoms with Crippen LogP contribution < -0.4 is 5.32 Å². The molecule has 1 rings (SSSR count). The molecule has 0 aliphatic rings. The smallest absolute Gasteiger partial charge is 0.362 e. The number of thiazole rings is 1. The van der Waals surface area contributed by atoms with E-state index in [9.17, 15) is 13.2 Å². The van der Waals surface area contributed by atoms with Gasteiger partial charge in [0.1, 0.15) is 0 Å². The molecule has 19 heavy (non-hydrogen) atoms. The zero-order valence-electron chi connectivity index (χ0n) is 11.3. The quantitative estimate of drug-likeness (QED) is 0.792. The number of aromatic nitrogens is 1. The summed E-state index contributed by atoms with van der Waals surface area (Å²) in [7, 11) is 0. The zero-order chi connectivity index (χ0) is 14.3. The summed E-state index contributed by atoms with van der Waals surface area (Å²) in [4.78, 5) is 6.43. The van der Waals surface area contributed by atoms with Crippen LogP contribution in [0, 0.1) is 0 Å². The van der Waals surface area contributed by atoms with Crippen LogP contribution in [0.2, 0.25) is 0 Å². The fourth-order valence-corrected chi connectivity index (χ4v) is 2.58. The Balaban J connectivity index is 2.55. The lowest BCUT2D eigenvalue weighted by Crippen LogP contribution is -2.34. The molecular formula is C12H20F3N3S. The van der Waals surface area contributed by atoms with Gasteiger partial charge in [0.2, 0.25) is 0 Å². The van der Waals surface area contributed by atoms with Gasteiger partial charge in [-0.25, -0.2) is 4.98 Å². The normalized spacial score (nSPS) is 12.1. The number of rotatable bonds is 8. The van der Waals surface area contributed by atoms with Gasteiger partial charge in [0.15, 0.2) is 5.13 Å². The molecule has 1 N–H and O–H groups in total. The van der Waals surface area contributed by atoms with E-state index in [0.717, 1.165) is 23.0 Å². The summed E-state index contributed by atoms with van der Waals surface area (Å²) in [6.07, 6.45) is -0.800. The van der Waals surface area contributed by atoms with E-state index >= 15 is 0 Å². The molecule has 0 unspecified atom stereocenters. The van der Waals surface area contributed by atoms with Crippen molar-refractivity contribution in [2.75, 3.05) is 25.0 Å². The highest BCUT2D eigenvalue weighted by Gasteiger charge is 2.30. The minimum absolute atomic E-state index is 0.304. The summed E-state index contributed by atoms with van der Waals surface area (Å²) in [6.45, 7) is 4.64. The Kier molecular flexibility index (Phi) is 6.57. The number of alkyl halides is 3. The van der Waals surface area contributed by atoms with Crippen molar-refractivity contribution in [1.29, 1.82) is 0 Å². The summed E-state index contributed by atoms with van der Waals surface area (Å²) in [5, 5.41) is 3.91. The molecule has 1 aromatic rings. The second-order valence-corrected chi connectivity index (χ2v) is 5.50. The van der Waals surface area contributed by atoms with Gasteiger partial charge in [0.25, 0.3) is 0 Å². The Morgan fingerprint density at radius 2 is 2.05 bits per heavy atom. The van der Waals surface area contributed by atoms with E-state index in [1.54, 1.807) is 6.20 Å². The van der Waals surface area contributed by atoms with E-state index in [-0.39, 0.29) is 0 Å². The maximum atomic E-state index is 12.4. The van der Waals surface area contributed by atoms with Gasteiger partial charge < -0.3 is 5.32 Å². The SMILES string of the molecule is CCCNc1ncc(CN(CCC)CC(F)(F)F)s1. The Morgan fingerprint density at radius 1 is 1.32 bits per heavy atom. The molecule has 1 heterocycles. The summed E-state index contributed by atoms with van der Waals surface area (Å²) >= 11 is 1.42. The van der Waals surface area contributed by atoms with Crippen molar-refractivity contribution in [3.8, 4) is 0 Å². The number of nitrogens with zero attached hydrogens (tertiary/aromatic N) is 2. The van der Waals surface area contributed by atoms with E-state index in [1.165, 1.54) is 16.2 Å². The first-order valence-electron chi connectivity index (χ1n) is 6.42. The van der Waals surface area contributed by atoms with Crippen LogP contribution in [0.3, 0.4) is 0 Å². The lowest BCUT2D eigenvalue weighted by molar-refractivity contribution is -0.147. The maximum Gasteiger partial charge on any atom is 0.401 e. The number of hydrogen-bond acceptors (Lipinski definition) is 4. The molecular weight excluding hydrogens is 275 g/mol. The van der Waals surface area contributed by atoms with Crippen molar-refractivity contribution in [2.45, 2.75) is 39.4 Å². The average Bonchev–Trinajstić information content (AvgIpc) is 2.72. The van der Waals surface area contributed by atoms with Crippen LogP contribution in [0.15, 0.2) is 6.20 Å². The first-order valence-corrected chi connectivity index (χ1v) is 7.24. The van der Waals surface area contributed by atoms with E-state index in [1.807, 2.05) is 13.8 Å². The average molecular weight is 295 g/mol. The number of halogens is 3. The molecule has 0 bridgehead atoms. The molecule has 0 amide bonds. The molecule has 1 aromatic heterocycles. The first kappa shape index (κ1) is 16.2. The van der Waals surface area contributed by atoms with Crippen LogP contribution >= 0.6 is 11.3 Å². The molecule has 0 spiro atoms. The van der Waals surface area contributed by atoms with Crippen LogP contribution in [-0.4, -0.2) is 35.7 Å². The molecule has 3 nitrogen and oxygen atoms in total. The van der Waals surface area contributed by atoms with Crippen molar-refractivity contribution in [3.63, 3.8) is 0 Å². The summed E-state index contributed by atoms with van der Waals surface area (Å²) in [5.74, 6) is 0. The van der Waals surface area contributed by atoms with Crippen molar-refractivity contribution in [3.05, 3.63) is 11.1 Å². The summed E-state index contributed by atoms with van der Waals surface area (Å²) in [6, 6.07) is 0. The van der Waals surface area contributed by atoms with E-state index in [2.05, 4.69) is 10.3 Å². The molecule has 0 fully saturated rings. The van der Waals surface area contributed by atoms with E-state index in [0.29, 0.717) is 19.5 Å². The standard InChI is InChI=1S/C12H20F3N3S/c1-3-5-16-11-17-7-10(19-11)8-18(6-4-2)9-12(13,14)15/h7H,3-6,8-9H2,1-2H3,(H,16,17). The minimum atomic E-state index is -4.15. The Bertz CT molecular complexity index is 365. The van der Waals surface area contributed by atoms with Crippen LogP contribution in [0.25, 0.3) is 0 Å². The van der Waals surface area contributed by atoms with Crippen LogP contribution in [0.4, 0.5) is 18.3 Å². The van der Waals surface area contributed by atoms with Gasteiger partial charge >= 0.3 is 6.18 Å². The third-order valence-electron chi connectivity index (χ3n) is 2.40. The van der Waals surface area contributed by atoms with Crippen molar-refractivity contribution in [2.24, 2.45) is 0 Å². The Labute approximate surface area is 115 Å². The molecule has 0 saturated heterocycles. The lowest BCUT2D eigenvalue weighted by atomic mass is 10.3. The van der Waals surface area contributed by atoms with Crippen molar-refractivity contribution >= 4 is 16.5 Å². The van der Waals surface area contributed by atoms with E-state index in [4.69, 9.17) is 0 Å². The summed E-state index contributed by atoms with van der Waals surface area (Å²) in [5.41, 5.74) is 0. The predicted molar refractivity (Wildman–Crippen MR) is 72.5 cm³/mol. The minimum Gasteiger partial charge on any atom is -0.362 e. The van der Waals surface area contributed by atoms with Crippen LogP contribution in [0.5, 0.6) is 0 Å². The van der Waals surface area contributed by atoms with Gasteiger partial charge in [-0.05, 0) is 19.4 Å². The Hall–Kier alpha value is -0.820. The molecule has 110 valence electrons. The molecule has 0 saturated carbocycles. The van der Waals surface area contributed by atoms with Gasteiger partial charge in [-0.1, -0.05) is 13.8 Å². The Morgan fingerprint density at radius 3 is 2.63 bits per heavy atom. The first-order chi connectivity index (χ1) is 8.94. The third kappa shape index (κ3) is 6.77. The topological polar surface area (TPSA) is 28.2 Å². The van der Waals surface area contributed by atoms with Gasteiger partial charge in [-0.3, -0.25) is 4.90 Å². The monoisotopic (exact) mass is 295 g/mol. The van der Waals surface area contributed by atoms with Crippen molar-refractivity contribution in [1.82, 2.24) is 9.88 Å². The highest BCUT2D eigenvalue weighted by Crippen LogP contribution is 2.22. The number of hydrogen-bond donors (Lipinski definition) is 1.